The Kier molecular flexibility index (Phi) is 6.36. The lowest BCUT2D eigenvalue weighted by atomic mass is 10.2. The molecule has 0 spiro atoms. The molecule has 1 N–H and O–H groups in total. The maximum absolute atomic E-state index is 14.9. The number of hydrogen-bond acceptors (Lipinski definition) is 6. The highest BCUT2D eigenvalue weighted by atomic mass is 32.2. The van der Waals surface area contributed by atoms with Crippen LogP contribution in [0.5, 0.6) is 0 Å². The number of anilines is 2. The molecule has 2 aliphatic heterocycles. The number of piperazine rings is 1. The number of thiocarbonyl (C=S) groups is 1. The first-order chi connectivity index (χ1) is 14.8. The Morgan fingerprint density at radius 1 is 1.26 bits per heavy atom. The van der Waals surface area contributed by atoms with Crippen molar-refractivity contribution in [2.24, 2.45) is 5.92 Å². The molecule has 4 rings (SSSR count). The minimum Gasteiger partial charge on any atom is -0.442 e. The standard InChI is InChI=1S/C20H27FN4O4S2/c1-2-31(27,28)24-9-7-23(8-10-24)18-6-5-15(11-17(18)21)25-13-16(29-20(25)26)12-22-19(30)14-3-4-14/h5-6,11,14,16H,2-4,7-10,12-13H2,1H3,(H,22,30). The van der Waals surface area contributed by atoms with Crippen LogP contribution < -0.4 is 15.1 Å². The average Bonchev–Trinajstić information content (AvgIpc) is 3.55. The molecular formula is C20H27FN4O4S2. The number of cyclic esters (lactones) is 1. The Hall–Kier alpha value is -1.98. The SMILES string of the molecule is CCS(=O)(=O)N1CCN(c2ccc(N3CC(CNC(=S)C4CC4)OC3=O)cc2F)CC1. The van der Waals surface area contributed by atoms with Gasteiger partial charge in [0.05, 0.1) is 35.2 Å². The molecule has 2 heterocycles. The number of benzene rings is 1. The molecule has 0 aromatic heterocycles. The molecule has 11 heteroatoms. The molecule has 31 heavy (non-hydrogen) atoms. The number of rotatable bonds is 7. The van der Waals surface area contributed by atoms with Crippen molar-refractivity contribution in [1.82, 2.24) is 9.62 Å². The van der Waals surface area contributed by atoms with Crippen LogP contribution in [0.3, 0.4) is 0 Å². The number of nitrogens with zero attached hydrogens (tertiary/aromatic N) is 3. The summed E-state index contributed by atoms with van der Waals surface area (Å²) in [6.45, 7) is 3.87. The Balaban J connectivity index is 1.36. The van der Waals surface area contributed by atoms with Gasteiger partial charge in [-0.25, -0.2) is 17.6 Å². The van der Waals surface area contributed by atoms with Crippen LogP contribution in [0.4, 0.5) is 20.6 Å². The Labute approximate surface area is 187 Å². The number of carbonyl (C=O) groups is 1. The molecule has 0 radical (unpaired) electrons. The molecule has 2 saturated heterocycles. The summed E-state index contributed by atoms with van der Waals surface area (Å²) in [6.07, 6.45) is 1.37. The van der Waals surface area contributed by atoms with Gasteiger partial charge in [0.2, 0.25) is 10.0 Å². The van der Waals surface area contributed by atoms with Crippen LogP contribution in [0.2, 0.25) is 0 Å². The fourth-order valence-electron chi connectivity index (χ4n) is 3.85. The summed E-state index contributed by atoms with van der Waals surface area (Å²) in [4.78, 5) is 16.3. The van der Waals surface area contributed by atoms with E-state index >= 15 is 0 Å². The van der Waals surface area contributed by atoms with Crippen LogP contribution in [0.25, 0.3) is 0 Å². The average molecular weight is 471 g/mol. The van der Waals surface area contributed by atoms with Crippen LogP contribution in [0.15, 0.2) is 18.2 Å². The van der Waals surface area contributed by atoms with Crippen molar-refractivity contribution in [3.05, 3.63) is 24.0 Å². The monoisotopic (exact) mass is 470 g/mol. The summed E-state index contributed by atoms with van der Waals surface area (Å²) in [5.74, 6) is 0.0626. The maximum atomic E-state index is 14.9. The van der Waals surface area contributed by atoms with Crippen molar-refractivity contribution >= 4 is 44.7 Å². The number of hydrogen-bond donors (Lipinski definition) is 1. The Morgan fingerprint density at radius 2 is 1.97 bits per heavy atom. The minimum atomic E-state index is -3.24. The second kappa shape index (κ2) is 8.87. The number of nitrogens with one attached hydrogen (secondary N) is 1. The smallest absolute Gasteiger partial charge is 0.414 e. The molecule has 1 saturated carbocycles. The number of amides is 1. The van der Waals surface area contributed by atoms with Gasteiger partial charge in [-0.1, -0.05) is 12.2 Å². The van der Waals surface area contributed by atoms with Gasteiger partial charge in [-0.2, -0.15) is 4.31 Å². The van der Waals surface area contributed by atoms with Gasteiger partial charge >= 0.3 is 6.09 Å². The lowest BCUT2D eigenvalue weighted by Crippen LogP contribution is -2.49. The largest absolute Gasteiger partial charge is 0.442 e. The zero-order chi connectivity index (χ0) is 22.2. The first kappa shape index (κ1) is 22.2. The molecule has 8 nitrogen and oxygen atoms in total. The van der Waals surface area contributed by atoms with E-state index in [0.29, 0.717) is 56.6 Å². The number of ether oxygens (including phenoxy) is 1. The zero-order valence-electron chi connectivity index (χ0n) is 17.4. The highest BCUT2D eigenvalue weighted by Crippen LogP contribution is 2.30. The first-order valence-electron chi connectivity index (χ1n) is 10.6. The van der Waals surface area contributed by atoms with Gasteiger partial charge in [0, 0.05) is 32.1 Å². The molecule has 1 aliphatic carbocycles. The third-order valence-electron chi connectivity index (χ3n) is 5.91. The van der Waals surface area contributed by atoms with Crippen molar-refractivity contribution in [2.45, 2.75) is 25.9 Å². The highest BCUT2D eigenvalue weighted by molar-refractivity contribution is 7.89. The van der Waals surface area contributed by atoms with Crippen molar-refractivity contribution in [1.29, 1.82) is 0 Å². The molecule has 1 amide bonds. The van der Waals surface area contributed by atoms with E-state index in [1.807, 2.05) is 4.90 Å². The molecule has 3 fully saturated rings. The minimum absolute atomic E-state index is 0.0604. The normalized spacial score (nSPS) is 22.5. The Morgan fingerprint density at radius 3 is 2.58 bits per heavy atom. The molecule has 1 atom stereocenters. The van der Waals surface area contributed by atoms with Crippen LogP contribution in [-0.4, -0.2) is 74.9 Å². The van der Waals surface area contributed by atoms with Crippen LogP contribution >= 0.6 is 12.2 Å². The summed E-state index contributed by atoms with van der Waals surface area (Å²) in [6, 6.07) is 4.66. The summed E-state index contributed by atoms with van der Waals surface area (Å²) >= 11 is 5.30. The molecular weight excluding hydrogens is 443 g/mol. The van der Waals surface area contributed by atoms with E-state index in [0.717, 1.165) is 17.8 Å². The van der Waals surface area contributed by atoms with Gasteiger partial charge in [-0.3, -0.25) is 4.90 Å². The lowest BCUT2D eigenvalue weighted by Gasteiger charge is -2.35. The van der Waals surface area contributed by atoms with Gasteiger partial charge in [0.1, 0.15) is 11.9 Å². The number of halogens is 1. The fourth-order valence-corrected chi connectivity index (χ4v) is 5.26. The highest BCUT2D eigenvalue weighted by Gasteiger charge is 2.34. The second-order valence-corrected chi connectivity index (χ2v) is 10.8. The summed E-state index contributed by atoms with van der Waals surface area (Å²) < 4.78 is 45.7. The van der Waals surface area contributed by atoms with Crippen molar-refractivity contribution in [3.8, 4) is 0 Å². The zero-order valence-corrected chi connectivity index (χ0v) is 19.1. The third-order valence-corrected chi connectivity index (χ3v) is 8.27. The van der Waals surface area contributed by atoms with Crippen LogP contribution in [0, 0.1) is 11.7 Å². The fraction of sp³-hybridized carbons (Fsp3) is 0.600. The third kappa shape index (κ3) is 4.93. The molecule has 3 aliphatic rings. The second-order valence-electron chi connectivity index (χ2n) is 8.06. The molecule has 1 aromatic carbocycles. The van der Waals surface area contributed by atoms with E-state index in [9.17, 15) is 17.6 Å². The lowest BCUT2D eigenvalue weighted by molar-refractivity contribution is 0.143. The van der Waals surface area contributed by atoms with E-state index < -0.39 is 21.9 Å². The molecule has 1 unspecified atom stereocenters. The van der Waals surface area contributed by atoms with E-state index in [1.54, 1.807) is 19.1 Å². The summed E-state index contributed by atoms with van der Waals surface area (Å²) in [7, 11) is -3.24. The van der Waals surface area contributed by atoms with Gasteiger partial charge < -0.3 is 15.0 Å². The topological polar surface area (TPSA) is 82.2 Å². The van der Waals surface area contributed by atoms with Crippen LogP contribution in [-0.2, 0) is 14.8 Å². The van der Waals surface area contributed by atoms with Crippen molar-refractivity contribution < 1.29 is 22.3 Å². The van der Waals surface area contributed by atoms with E-state index in [4.69, 9.17) is 17.0 Å². The maximum Gasteiger partial charge on any atom is 0.414 e. The van der Waals surface area contributed by atoms with Crippen molar-refractivity contribution in [3.63, 3.8) is 0 Å². The van der Waals surface area contributed by atoms with Gasteiger partial charge in [0.25, 0.3) is 0 Å². The van der Waals surface area contributed by atoms with E-state index in [1.165, 1.54) is 15.3 Å². The van der Waals surface area contributed by atoms with Crippen molar-refractivity contribution in [2.75, 3.05) is 54.8 Å². The number of carbonyl (C=O) groups excluding carboxylic acids is 1. The van der Waals surface area contributed by atoms with Crippen LogP contribution in [0.1, 0.15) is 19.8 Å². The van der Waals surface area contributed by atoms with Gasteiger partial charge in [0.15, 0.2) is 0 Å². The van der Waals surface area contributed by atoms with E-state index in [2.05, 4.69) is 5.32 Å². The van der Waals surface area contributed by atoms with Gasteiger partial charge in [-0.15, -0.1) is 0 Å². The molecule has 170 valence electrons. The molecule has 0 bridgehead atoms. The first-order valence-corrected chi connectivity index (χ1v) is 12.6. The summed E-state index contributed by atoms with van der Waals surface area (Å²) in [5.41, 5.74) is 0.837. The van der Waals surface area contributed by atoms with E-state index in [-0.39, 0.29) is 11.9 Å². The summed E-state index contributed by atoms with van der Waals surface area (Å²) in [5, 5.41) is 3.16. The van der Waals surface area contributed by atoms with Gasteiger partial charge in [-0.05, 0) is 38.0 Å². The predicted molar refractivity (Wildman–Crippen MR) is 121 cm³/mol. The number of sulfonamides is 1. The predicted octanol–water partition coefficient (Wildman–Crippen LogP) is 1.95. The molecule has 1 aromatic rings. The quantitative estimate of drug-likeness (QED) is 0.610. The Bertz CT molecular complexity index is 962.